The van der Waals surface area contributed by atoms with Crippen LogP contribution in [-0.4, -0.2) is 30.0 Å². The molecule has 0 bridgehead atoms. The van der Waals surface area contributed by atoms with Crippen LogP contribution in [0.5, 0.6) is 5.75 Å². The molecule has 4 heteroatoms. The van der Waals surface area contributed by atoms with Crippen molar-refractivity contribution >= 4 is 32.5 Å². The summed E-state index contributed by atoms with van der Waals surface area (Å²) in [5.74, 6) is 1.98. The van der Waals surface area contributed by atoms with Crippen LogP contribution in [0.3, 0.4) is 0 Å². The number of anilines is 1. The van der Waals surface area contributed by atoms with Crippen LogP contribution in [0.4, 0.5) is 5.82 Å². The highest BCUT2D eigenvalue weighted by Crippen LogP contribution is 2.32. The maximum Gasteiger partial charge on any atom is 0.136 e. The average Bonchev–Trinajstić information content (AvgIpc) is 2.53. The highest BCUT2D eigenvalue weighted by molar-refractivity contribution is 9.09. The van der Waals surface area contributed by atoms with Crippen molar-refractivity contribution < 1.29 is 4.74 Å². The molecule has 0 aliphatic carbocycles. The minimum atomic E-state index is 0.535. The minimum absolute atomic E-state index is 0.535. The molecule has 1 aromatic carbocycles. The Morgan fingerprint density at radius 1 is 1.35 bits per heavy atom. The lowest BCUT2D eigenvalue weighted by Gasteiger charge is -2.36. The number of halogens is 1. The summed E-state index contributed by atoms with van der Waals surface area (Å²) in [6, 6.07) is 8.80. The third-order valence-corrected chi connectivity index (χ3v) is 4.78. The molecular weight excluding hydrogens is 316 g/mol. The molecule has 1 aliphatic rings. The number of pyridine rings is 1. The number of piperidine rings is 1. The smallest absolute Gasteiger partial charge is 0.136 e. The molecule has 1 unspecified atom stereocenters. The van der Waals surface area contributed by atoms with Crippen molar-refractivity contribution in [1.82, 2.24) is 4.98 Å². The minimum Gasteiger partial charge on any atom is -0.497 e. The lowest BCUT2D eigenvalue weighted by atomic mass is 10.0. The zero-order chi connectivity index (χ0) is 13.9. The molecule has 1 aromatic heterocycles. The van der Waals surface area contributed by atoms with E-state index in [9.17, 15) is 0 Å². The molecule has 106 valence electrons. The van der Waals surface area contributed by atoms with E-state index in [1.54, 1.807) is 7.11 Å². The van der Waals surface area contributed by atoms with Gasteiger partial charge in [0.2, 0.25) is 0 Å². The van der Waals surface area contributed by atoms with E-state index >= 15 is 0 Å². The van der Waals surface area contributed by atoms with Crippen molar-refractivity contribution in [2.24, 2.45) is 0 Å². The first-order valence-corrected chi connectivity index (χ1v) is 8.21. The number of hydrogen-bond acceptors (Lipinski definition) is 3. The fourth-order valence-corrected chi connectivity index (χ4v) is 3.60. The Kier molecular flexibility index (Phi) is 4.10. The van der Waals surface area contributed by atoms with E-state index in [4.69, 9.17) is 4.74 Å². The molecule has 0 saturated carbocycles. The van der Waals surface area contributed by atoms with Gasteiger partial charge in [0.05, 0.1) is 7.11 Å². The van der Waals surface area contributed by atoms with Gasteiger partial charge in [-0.3, -0.25) is 0 Å². The molecule has 3 rings (SSSR count). The monoisotopic (exact) mass is 334 g/mol. The van der Waals surface area contributed by atoms with Gasteiger partial charge >= 0.3 is 0 Å². The Morgan fingerprint density at radius 2 is 2.25 bits per heavy atom. The van der Waals surface area contributed by atoms with Crippen LogP contribution in [0.25, 0.3) is 10.8 Å². The summed E-state index contributed by atoms with van der Waals surface area (Å²) < 4.78 is 5.36. The third-order valence-electron chi connectivity index (χ3n) is 4.03. The standard InChI is InChI=1S/C16H19BrN2O/c1-20-14-6-5-12-7-8-18-16(15(12)10-14)19-9-3-2-4-13(19)11-17/h5-8,10,13H,2-4,9,11H2,1H3. The van der Waals surface area contributed by atoms with Crippen LogP contribution in [0.2, 0.25) is 0 Å². The molecule has 2 heterocycles. The second kappa shape index (κ2) is 6.00. The zero-order valence-corrected chi connectivity index (χ0v) is 13.3. The van der Waals surface area contributed by atoms with E-state index in [-0.39, 0.29) is 0 Å². The molecule has 0 N–H and O–H groups in total. The summed E-state index contributed by atoms with van der Waals surface area (Å²) in [5.41, 5.74) is 0. The van der Waals surface area contributed by atoms with E-state index in [0.29, 0.717) is 6.04 Å². The quantitative estimate of drug-likeness (QED) is 0.793. The van der Waals surface area contributed by atoms with Gasteiger partial charge in [0, 0.05) is 29.5 Å². The molecule has 0 amide bonds. The van der Waals surface area contributed by atoms with E-state index in [2.05, 4.69) is 44.0 Å². The number of alkyl halides is 1. The summed E-state index contributed by atoms with van der Waals surface area (Å²) in [5, 5.41) is 3.39. The van der Waals surface area contributed by atoms with Gasteiger partial charge in [-0.15, -0.1) is 0 Å². The molecule has 20 heavy (non-hydrogen) atoms. The SMILES string of the molecule is COc1ccc2ccnc(N3CCCCC3CBr)c2c1. The summed E-state index contributed by atoms with van der Waals surface area (Å²) in [6.07, 6.45) is 5.68. The topological polar surface area (TPSA) is 25.4 Å². The number of hydrogen-bond donors (Lipinski definition) is 0. The van der Waals surface area contributed by atoms with Crippen molar-refractivity contribution in [2.75, 3.05) is 23.9 Å². The highest BCUT2D eigenvalue weighted by atomic mass is 79.9. The highest BCUT2D eigenvalue weighted by Gasteiger charge is 2.24. The maximum absolute atomic E-state index is 5.36. The number of rotatable bonds is 3. The van der Waals surface area contributed by atoms with Crippen molar-refractivity contribution in [1.29, 1.82) is 0 Å². The van der Waals surface area contributed by atoms with Gasteiger partial charge in [-0.05, 0) is 42.8 Å². The lowest BCUT2D eigenvalue weighted by molar-refractivity contribution is 0.415. The first-order valence-electron chi connectivity index (χ1n) is 7.09. The van der Waals surface area contributed by atoms with E-state index in [1.807, 2.05) is 12.3 Å². The Hall–Kier alpha value is -1.29. The predicted octanol–water partition coefficient (Wildman–Crippen LogP) is 4.00. The molecule has 3 nitrogen and oxygen atoms in total. The van der Waals surface area contributed by atoms with Crippen LogP contribution < -0.4 is 9.64 Å². The largest absolute Gasteiger partial charge is 0.497 e. The lowest BCUT2D eigenvalue weighted by Crippen LogP contribution is -2.41. The summed E-state index contributed by atoms with van der Waals surface area (Å²) >= 11 is 3.65. The van der Waals surface area contributed by atoms with Gasteiger partial charge < -0.3 is 9.64 Å². The van der Waals surface area contributed by atoms with Gasteiger partial charge in [-0.1, -0.05) is 22.0 Å². The number of fused-ring (bicyclic) bond motifs is 1. The second-order valence-corrected chi connectivity index (χ2v) is 5.87. The van der Waals surface area contributed by atoms with Crippen molar-refractivity contribution in [2.45, 2.75) is 25.3 Å². The molecule has 0 spiro atoms. The maximum atomic E-state index is 5.36. The second-order valence-electron chi connectivity index (χ2n) is 5.22. The molecule has 2 aromatic rings. The molecule has 1 atom stereocenters. The number of methoxy groups -OCH3 is 1. The summed E-state index contributed by atoms with van der Waals surface area (Å²) in [6.45, 7) is 1.08. The van der Waals surface area contributed by atoms with Crippen molar-refractivity contribution in [3.63, 3.8) is 0 Å². The normalized spacial score (nSPS) is 19.3. The number of aromatic nitrogens is 1. The van der Waals surface area contributed by atoms with E-state index < -0.39 is 0 Å². The third kappa shape index (κ3) is 2.49. The van der Waals surface area contributed by atoms with Crippen molar-refractivity contribution in [3.05, 3.63) is 30.5 Å². The molecule has 1 fully saturated rings. The number of benzene rings is 1. The zero-order valence-electron chi connectivity index (χ0n) is 11.7. The summed E-state index contributed by atoms with van der Waals surface area (Å²) in [7, 11) is 1.71. The fraction of sp³-hybridized carbons (Fsp3) is 0.438. The molecule has 1 aliphatic heterocycles. The van der Waals surface area contributed by atoms with E-state index in [1.165, 1.54) is 30.0 Å². The Labute approximate surface area is 128 Å². The van der Waals surface area contributed by atoms with Gasteiger partial charge in [-0.25, -0.2) is 4.98 Å². The molecule has 1 saturated heterocycles. The summed E-state index contributed by atoms with van der Waals surface area (Å²) in [4.78, 5) is 7.10. The van der Waals surface area contributed by atoms with E-state index in [0.717, 1.165) is 23.4 Å². The predicted molar refractivity (Wildman–Crippen MR) is 87.1 cm³/mol. The molecule has 0 radical (unpaired) electrons. The fourth-order valence-electron chi connectivity index (χ4n) is 2.93. The van der Waals surface area contributed by atoms with Crippen LogP contribution >= 0.6 is 15.9 Å². The Balaban J connectivity index is 2.09. The molecular formula is C16H19BrN2O. The van der Waals surface area contributed by atoms with Crippen LogP contribution in [0.15, 0.2) is 30.5 Å². The Morgan fingerprint density at radius 3 is 3.05 bits per heavy atom. The van der Waals surface area contributed by atoms with Gasteiger partial charge in [0.25, 0.3) is 0 Å². The number of ether oxygens (including phenoxy) is 1. The van der Waals surface area contributed by atoms with Crippen LogP contribution in [0.1, 0.15) is 19.3 Å². The van der Waals surface area contributed by atoms with Crippen LogP contribution in [-0.2, 0) is 0 Å². The first kappa shape index (κ1) is 13.7. The van der Waals surface area contributed by atoms with Gasteiger partial charge in [-0.2, -0.15) is 0 Å². The van der Waals surface area contributed by atoms with Gasteiger partial charge in [0.15, 0.2) is 0 Å². The van der Waals surface area contributed by atoms with Crippen molar-refractivity contribution in [3.8, 4) is 5.75 Å². The van der Waals surface area contributed by atoms with Gasteiger partial charge in [0.1, 0.15) is 11.6 Å². The first-order chi connectivity index (χ1) is 9.83. The number of nitrogens with zero attached hydrogens (tertiary/aromatic N) is 2. The Bertz CT molecular complexity index is 602. The van der Waals surface area contributed by atoms with Crippen LogP contribution in [0, 0.1) is 0 Å². The average molecular weight is 335 g/mol.